The number of nitriles is 1. The Bertz CT molecular complexity index is 671. The van der Waals surface area contributed by atoms with Crippen LogP contribution in [-0.4, -0.2) is 21.2 Å². The normalized spacial score (nSPS) is 10.1. The molecule has 0 aliphatic carbocycles. The molecule has 0 atom stereocenters. The van der Waals surface area contributed by atoms with Gasteiger partial charge in [-0.3, -0.25) is 0 Å². The van der Waals surface area contributed by atoms with E-state index in [2.05, 4.69) is 4.98 Å². The first kappa shape index (κ1) is 10.9. The summed E-state index contributed by atoms with van der Waals surface area (Å²) in [6.07, 6.45) is 0. The number of carboxylic acids is 1. The van der Waals surface area contributed by atoms with Gasteiger partial charge in [0.25, 0.3) is 0 Å². The first-order chi connectivity index (χ1) is 8.04. The lowest BCUT2D eigenvalue weighted by molar-refractivity contribution is 0.0694. The smallest absolute Gasteiger partial charge is 0.339 e. The van der Waals surface area contributed by atoms with Crippen molar-refractivity contribution in [1.82, 2.24) is 4.98 Å². The average Bonchev–Trinajstić information content (AvgIpc) is 2.29. The summed E-state index contributed by atoms with van der Waals surface area (Å²) in [5.41, 5.74) is 0.649. The number of benzene rings is 1. The van der Waals surface area contributed by atoms with Crippen molar-refractivity contribution in [3.05, 3.63) is 35.0 Å². The van der Waals surface area contributed by atoms with Gasteiger partial charge in [-0.05, 0) is 25.1 Å². The molecule has 1 aromatic carbocycles. The molecule has 0 radical (unpaired) electrons. The molecule has 0 spiro atoms. The topological polar surface area (TPSA) is 94.2 Å². The number of fused-ring (bicyclic) bond motifs is 1. The van der Waals surface area contributed by atoms with Crippen LogP contribution in [0.2, 0.25) is 0 Å². The summed E-state index contributed by atoms with van der Waals surface area (Å²) < 4.78 is 0. The highest BCUT2D eigenvalue weighted by Crippen LogP contribution is 2.30. The molecule has 1 aromatic heterocycles. The molecule has 0 saturated heterocycles. The molecule has 2 N–H and O–H groups in total. The molecule has 0 amide bonds. The fraction of sp³-hybridized carbons (Fsp3) is 0.0833. The van der Waals surface area contributed by atoms with E-state index in [0.717, 1.165) is 6.07 Å². The number of rotatable bonds is 1. The van der Waals surface area contributed by atoms with E-state index in [4.69, 9.17) is 10.4 Å². The minimum atomic E-state index is -1.29. The van der Waals surface area contributed by atoms with E-state index in [1.807, 2.05) is 6.07 Å². The van der Waals surface area contributed by atoms with E-state index in [1.165, 1.54) is 0 Å². The van der Waals surface area contributed by atoms with E-state index in [9.17, 15) is 9.90 Å². The Kier molecular flexibility index (Phi) is 2.41. The Morgan fingerprint density at radius 1 is 1.47 bits per heavy atom. The second-order valence-electron chi connectivity index (χ2n) is 3.59. The summed E-state index contributed by atoms with van der Waals surface area (Å²) >= 11 is 0. The van der Waals surface area contributed by atoms with Gasteiger partial charge in [-0.25, -0.2) is 9.78 Å². The summed E-state index contributed by atoms with van der Waals surface area (Å²) in [4.78, 5) is 15.0. The zero-order valence-corrected chi connectivity index (χ0v) is 8.93. The van der Waals surface area contributed by atoms with Gasteiger partial charge in [0.1, 0.15) is 11.1 Å². The maximum absolute atomic E-state index is 10.9. The summed E-state index contributed by atoms with van der Waals surface area (Å²) in [7, 11) is 0. The average molecular weight is 228 g/mol. The van der Waals surface area contributed by atoms with E-state index in [-0.39, 0.29) is 16.6 Å². The van der Waals surface area contributed by atoms with Crippen molar-refractivity contribution in [1.29, 1.82) is 5.26 Å². The van der Waals surface area contributed by atoms with E-state index < -0.39 is 11.7 Å². The molecule has 17 heavy (non-hydrogen) atoms. The zero-order valence-electron chi connectivity index (χ0n) is 8.93. The van der Waals surface area contributed by atoms with Crippen molar-refractivity contribution < 1.29 is 15.0 Å². The lowest BCUT2D eigenvalue weighted by Gasteiger charge is -2.06. The first-order valence-corrected chi connectivity index (χ1v) is 4.81. The highest BCUT2D eigenvalue weighted by Gasteiger charge is 2.17. The van der Waals surface area contributed by atoms with Gasteiger partial charge < -0.3 is 10.2 Å². The monoisotopic (exact) mass is 228 g/mol. The first-order valence-electron chi connectivity index (χ1n) is 4.81. The van der Waals surface area contributed by atoms with Crippen molar-refractivity contribution >= 4 is 16.9 Å². The lowest BCUT2D eigenvalue weighted by Crippen LogP contribution is -2.00. The highest BCUT2D eigenvalue weighted by atomic mass is 16.4. The quantitative estimate of drug-likeness (QED) is 0.776. The Hall–Kier alpha value is -2.61. The number of carbonyl (C=O) groups is 1. The van der Waals surface area contributed by atoms with Crippen LogP contribution in [0.5, 0.6) is 5.75 Å². The van der Waals surface area contributed by atoms with E-state index >= 15 is 0 Å². The fourth-order valence-corrected chi connectivity index (χ4v) is 1.63. The van der Waals surface area contributed by atoms with Crippen LogP contribution in [0.3, 0.4) is 0 Å². The van der Waals surface area contributed by atoms with Crippen molar-refractivity contribution in [3.8, 4) is 11.8 Å². The van der Waals surface area contributed by atoms with Crippen LogP contribution < -0.4 is 0 Å². The lowest BCUT2D eigenvalue weighted by atomic mass is 10.0. The van der Waals surface area contributed by atoms with Crippen LogP contribution in [0.1, 0.15) is 21.6 Å². The van der Waals surface area contributed by atoms with Crippen molar-refractivity contribution in [2.45, 2.75) is 6.92 Å². The highest BCUT2D eigenvalue weighted by molar-refractivity contribution is 6.01. The molecule has 0 aliphatic rings. The van der Waals surface area contributed by atoms with Crippen LogP contribution >= 0.6 is 0 Å². The third-order valence-electron chi connectivity index (χ3n) is 2.44. The molecule has 1 heterocycles. The van der Waals surface area contributed by atoms with E-state index in [1.54, 1.807) is 19.1 Å². The second-order valence-corrected chi connectivity index (χ2v) is 3.59. The number of phenols is 1. The number of aromatic nitrogens is 1. The van der Waals surface area contributed by atoms with Crippen LogP contribution in [0.15, 0.2) is 18.2 Å². The van der Waals surface area contributed by atoms with Crippen molar-refractivity contribution in [2.75, 3.05) is 0 Å². The van der Waals surface area contributed by atoms with Gasteiger partial charge in [0, 0.05) is 11.1 Å². The maximum Gasteiger partial charge on any atom is 0.339 e. The van der Waals surface area contributed by atoms with Crippen molar-refractivity contribution in [2.24, 2.45) is 0 Å². The number of aromatic hydroxyl groups is 1. The van der Waals surface area contributed by atoms with Crippen LogP contribution in [0.4, 0.5) is 0 Å². The molecule has 0 bridgehead atoms. The Balaban J connectivity index is 2.97. The largest absolute Gasteiger partial charge is 0.505 e. The minimum absolute atomic E-state index is 0.140. The van der Waals surface area contributed by atoms with Gasteiger partial charge in [0.2, 0.25) is 0 Å². The molecule has 0 saturated carbocycles. The van der Waals surface area contributed by atoms with Gasteiger partial charge >= 0.3 is 5.97 Å². The van der Waals surface area contributed by atoms with Gasteiger partial charge in [-0.1, -0.05) is 0 Å². The molecule has 5 heteroatoms. The second kappa shape index (κ2) is 3.76. The molecule has 0 aliphatic heterocycles. The standard InChI is InChI=1S/C12H8N2O3/c1-6-2-3-8-7(5-13)4-9(12(16)17)11(15)10(8)14-6/h2-4,15H,1H3,(H,16,17). The number of hydrogen-bond acceptors (Lipinski definition) is 4. The molecule has 84 valence electrons. The number of carboxylic acid groups (broad SMARTS) is 1. The summed E-state index contributed by atoms with van der Waals surface area (Å²) in [5.74, 6) is -1.69. The molecule has 0 fully saturated rings. The molecule has 2 aromatic rings. The maximum atomic E-state index is 10.9. The number of pyridine rings is 1. The predicted molar refractivity (Wildman–Crippen MR) is 59.8 cm³/mol. The summed E-state index contributed by atoms with van der Waals surface area (Å²) in [6, 6.07) is 6.39. The summed E-state index contributed by atoms with van der Waals surface area (Å²) in [6.45, 7) is 1.72. The van der Waals surface area contributed by atoms with Gasteiger partial charge in [-0.15, -0.1) is 0 Å². The Morgan fingerprint density at radius 3 is 2.76 bits per heavy atom. The van der Waals surface area contributed by atoms with Crippen LogP contribution in [0, 0.1) is 18.3 Å². The summed E-state index contributed by atoms with van der Waals surface area (Å²) in [5, 5.41) is 28.1. The van der Waals surface area contributed by atoms with E-state index in [0.29, 0.717) is 11.1 Å². The molecule has 5 nitrogen and oxygen atoms in total. The Morgan fingerprint density at radius 2 is 2.18 bits per heavy atom. The predicted octanol–water partition coefficient (Wildman–Crippen LogP) is 1.82. The minimum Gasteiger partial charge on any atom is -0.505 e. The molecular weight excluding hydrogens is 220 g/mol. The fourth-order valence-electron chi connectivity index (χ4n) is 1.63. The molecular formula is C12H8N2O3. The molecule has 2 rings (SSSR count). The van der Waals surface area contributed by atoms with Crippen LogP contribution in [0.25, 0.3) is 10.9 Å². The number of hydrogen-bond donors (Lipinski definition) is 2. The van der Waals surface area contributed by atoms with Gasteiger partial charge in [0.15, 0.2) is 5.75 Å². The number of aromatic carboxylic acids is 1. The Labute approximate surface area is 96.6 Å². The van der Waals surface area contributed by atoms with Gasteiger partial charge in [0.05, 0.1) is 11.6 Å². The number of aryl methyl sites for hydroxylation is 1. The number of nitrogens with zero attached hydrogens (tertiary/aromatic N) is 2. The third-order valence-corrected chi connectivity index (χ3v) is 2.44. The zero-order chi connectivity index (χ0) is 12.6. The SMILES string of the molecule is Cc1ccc2c(C#N)cc(C(=O)O)c(O)c2n1. The third kappa shape index (κ3) is 1.66. The van der Waals surface area contributed by atoms with Crippen molar-refractivity contribution in [3.63, 3.8) is 0 Å². The van der Waals surface area contributed by atoms with Gasteiger partial charge in [-0.2, -0.15) is 5.26 Å². The molecule has 0 unspecified atom stereocenters. The van der Waals surface area contributed by atoms with Crippen LogP contribution in [-0.2, 0) is 0 Å².